The Morgan fingerprint density at radius 3 is 1.50 bits per heavy atom. The van der Waals surface area contributed by atoms with Gasteiger partial charge in [0.2, 0.25) is 0 Å². The largest absolute Gasteiger partial charge is 0.462 e. The number of methoxy groups -OCH3 is 1. The molecule has 0 heterocycles. The SMILES string of the molecule is C=C(C)C(=O)OCCC[Si](C)(C)O[Si](C)(C)O[Si](C)(CCCOCCOC)O[Si](C)(C)CCCOC(=O)C(=C)C. The summed E-state index contributed by atoms with van der Waals surface area (Å²) >= 11 is 0. The summed E-state index contributed by atoms with van der Waals surface area (Å²) in [5.74, 6) is -0.716. The van der Waals surface area contributed by atoms with Gasteiger partial charge >= 0.3 is 29.1 Å². The van der Waals surface area contributed by atoms with Gasteiger partial charge in [0, 0.05) is 24.9 Å². The number of carbonyl (C=O) groups excluding carboxylic acids is 2. The maximum Gasteiger partial charge on any atom is 0.333 e. The monoisotopic (exact) mass is 636 g/mol. The van der Waals surface area contributed by atoms with Crippen LogP contribution in [0.5, 0.6) is 0 Å². The maximum atomic E-state index is 11.7. The average molecular weight is 637 g/mol. The standard InChI is InChI=1S/C27H56O9Si4/c1-24(2)26(28)32-17-14-21-37(6,7)34-39(10,11)36-40(12,23-13-16-31-20-19-30-5)35-38(8,9)22-15-18-33-27(29)25(3)4/h1,3,13-23H2,2,4-12H3. The van der Waals surface area contributed by atoms with E-state index >= 15 is 0 Å². The zero-order valence-corrected chi connectivity index (χ0v) is 30.9. The number of hydrogen-bond acceptors (Lipinski definition) is 9. The van der Waals surface area contributed by atoms with E-state index in [1.807, 2.05) is 0 Å². The highest BCUT2D eigenvalue weighted by Crippen LogP contribution is 2.30. The van der Waals surface area contributed by atoms with E-state index in [2.05, 4.69) is 59.0 Å². The highest BCUT2D eigenvalue weighted by atomic mass is 28.5. The van der Waals surface area contributed by atoms with Crippen molar-refractivity contribution in [1.29, 1.82) is 0 Å². The van der Waals surface area contributed by atoms with Crippen LogP contribution < -0.4 is 0 Å². The number of ether oxygens (including phenoxy) is 4. The number of esters is 2. The quantitative estimate of drug-likeness (QED) is 0.0554. The van der Waals surface area contributed by atoms with Crippen LogP contribution in [0.25, 0.3) is 0 Å². The maximum absolute atomic E-state index is 11.7. The van der Waals surface area contributed by atoms with E-state index in [-0.39, 0.29) is 11.9 Å². The number of carbonyl (C=O) groups is 2. The molecule has 0 aromatic heterocycles. The van der Waals surface area contributed by atoms with Crippen LogP contribution in [0.1, 0.15) is 33.1 Å². The van der Waals surface area contributed by atoms with Gasteiger partial charge in [0.15, 0.2) is 16.6 Å². The highest BCUT2D eigenvalue weighted by molar-refractivity contribution is 6.89. The Labute approximate surface area is 247 Å². The summed E-state index contributed by atoms with van der Waals surface area (Å²) in [7, 11) is -7.77. The molecule has 0 rings (SSSR count). The Bertz CT molecular complexity index is 818. The Kier molecular flexibility index (Phi) is 18.2. The molecule has 0 saturated heterocycles. The van der Waals surface area contributed by atoms with Gasteiger partial charge in [0.1, 0.15) is 0 Å². The molecule has 0 aliphatic rings. The van der Waals surface area contributed by atoms with Crippen molar-refractivity contribution < 1.29 is 40.9 Å². The first-order chi connectivity index (χ1) is 18.3. The molecule has 1 atom stereocenters. The van der Waals surface area contributed by atoms with Gasteiger partial charge in [-0.1, -0.05) is 13.2 Å². The van der Waals surface area contributed by atoms with Crippen LogP contribution in [0.4, 0.5) is 0 Å². The third-order valence-corrected chi connectivity index (χ3v) is 22.0. The van der Waals surface area contributed by atoms with Crippen molar-refractivity contribution >= 4 is 45.7 Å². The zero-order chi connectivity index (χ0) is 31.0. The predicted octanol–water partition coefficient (Wildman–Crippen LogP) is 6.29. The summed E-state index contributed by atoms with van der Waals surface area (Å²) < 4.78 is 41.9. The predicted molar refractivity (Wildman–Crippen MR) is 170 cm³/mol. The molecule has 1 unspecified atom stereocenters. The molecule has 0 radical (unpaired) electrons. The van der Waals surface area contributed by atoms with E-state index < -0.39 is 33.8 Å². The molecule has 0 aliphatic heterocycles. The molecule has 0 N–H and O–H groups in total. The van der Waals surface area contributed by atoms with Gasteiger partial charge in [-0.05, 0) is 97.1 Å². The molecule has 0 spiro atoms. The lowest BCUT2D eigenvalue weighted by molar-refractivity contribution is -0.139. The van der Waals surface area contributed by atoms with Gasteiger partial charge in [0.25, 0.3) is 0 Å². The molecule has 40 heavy (non-hydrogen) atoms. The number of hydrogen-bond donors (Lipinski definition) is 0. The van der Waals surface area contributed by atoms with Crippen molar-refractivity contribution in [2.45, 2.75) is 97.1 Å². The second-order valence-corrected chi connectivity index (χ2v) is 28.2. The summed E-state index contributed by atoms with van der Waals surface area (Å²) in [4.78, 5) is 23.4. The molecule has 0 fully saturated rings. The summed E-state index contributed by atoms with van der Waals surface area (Å²) in [6, 6.07) is 2.49. The van der Waals surface area contributed by atoms with Gasteiger partial charge in [-0.15, -0.1) is 0 Å². The van der Waals surface area contributed by atoms with Crippen molar-refractivity contribution in [3.05, 3.63) is 24.3 Å². The topological polar surface area (TPSA) is 98.8 Å². The summed E-state index contributed by atoms with van der Waals surface area (Å²) in [6.45, 7) is 28.1. The first kappa shape index (κ1) is 39.1. The van der Waals surface area contributed by atoms with E-state index in [1.165, 1.54) is 0 Å². The van der Waals surface area contributed by atoms with Crippen molar-refractivity contribution in [3.63, 3.8) is 0 Å². The fourth-order valence-electron chi connectivity index (χ4n) is 4.33. The minimum Gasteiger partial charge on any atom is -0.462 e. The summed E-state index contributed by atoms with van der Waals surface area (Å²) in [5, 5.41) is 0. The van der Waals surface area contributed by atoms with Crippen molar-refractivity contribution in [3.8, 4) is 0 Å². The first-order valence-electron chi connectivity index (χ1n) is 14.2. The van der Waals surface area contributed by atoms with Crippen molar-refractivity contribution in [1.82, 2.24) is 0 Å². The second kappa shape index (κ2) is 18.6. The molecule has 234 valence electrons. The van der Waals surface area contributed by atoms with E-state index in [9.17, 15) is 9.59 Å². The third kappa shape index (κ3) is 19.3. The van der Waals surface area contributed by atoms with Crippen molar-refractivity contribution in [2.24, 2.45) is 0 Å². The smallest absolute Gasteiger partial charge is 0.333 e. The minimum atomic E-state index is -2.65. The van der Waals surface area contributed by atoms with E-state index in [1.54, 1.807) is 21.0 Å². The first-order valence-corrected chi connectivity index (χ1v) is 25.7. The van der Waals surface area contributed by atoms with Gasteiger partial charge in [-0.3, -0.25) is 0 Å². The Balaban J connectivity index is 5.26. The van der Waals surface area contributed by atoms with E-state index in [0.29, 0.717) is 44.2 Å². The fraction of sp³-hybridized carbons (Fsp3) is 0.778. The van der Waals surface area contributed by atoms with Crippen LogP contribution in [-0.4, -0.2) is 85.8 Å². The van der Waals surface area contributed by atoms with Gasteiger partial charge in [0.05, 0.1) is 26.4 Å². The average Bonchev–Trinajstić information content (AvgIpc) is 2.79. The van der Waals surface area contributed by atoms with E-state index in [0.717, 1.165) is 37.4 Å². The molecule has 0 bridgehead atoms. The Hall–Kier alpha value is -0.912. The molecule has 0 saturated carbocycles. The lowest BCUT2D eigenvalue weighted by atomic mass is 10.4. The van der Waals surface area contributed by atoms with Crippen LogP contribution in [0, 0.1) is 0 Å². The normalized spacial score (nSPS) is 13.9. The lowest BCUT2D eigenvalue weighted by Gasteiger charge is -2.42. The molecule has 0 aromatic carbocycles. The molecule has 13 heteroatoms. The summed E-state index contributed by atoms with van der Waals surface area (Å²) in [6.07, 6.45) is 2.30. The lowest BCUT2D eigenvalue weighted by Crippen LogP contribution is -2.57. The third-order valence-electron chi connectivity index (χ3n) is 5.84. The molecule has 9 nitrogen and oxygen atoms in total. The molecule has 0 aliphatic carbocycles. The zero-order valence-electron chi connectivity index (χ0n) is 26.9. The highest BCUT2D eigenvalue weighted by Gasteiger charge is 2.45. The Morgan fingerprint density at radius 1 is 0.600 bits per heavy atom. The van der Waals surface area contributed by atoms with E-state index in [4.69, 9.17) is 31.3 Å². The number of rotatable bonds is 23. The van der Waals surface area contributed by atoms with Gasteiger partial charge in [-0.25, -0.2) is 9.59 Å². The molecular weight excluding hydrogens is 581 g/mol. The summed E-state index contributed by atoms with van der Waals surface area (Å²) in [5.41, 5.74) is 0.808. The fourth-order valence-corrected chi connectivity index (χ4v) is 24.0. The van der Waals surface area contributed by atoms with Crippen LogP contribution in [0.3, 0.4) is 0 Å². The van der Waals surface area contributed by atoms with Crippen LogP contribution >= 0.6 is 0 Å². The van der Waals surface area contributed by atoms with Gasteiger partial charge < -0.3 is 31.3 Å². The van der Waals surface area contributed by atoms with Crippen LogP contribution in [0.2, 0.25) is 64.0 Å². The Morgan fingerprint density at radius 2 is 1.05 bits per heavy atom. The molecule has 0 aromatic rings. The molecular formula is C27H56O9Si4. The van der Waals surface area contributed by atoms with Crippen LogP contribution in [0.15, 0.2) is 24.3 Å². The van der Waals surface area contributed by atoms with Crippen molar-refractivity contribution in [2.75, 3.05) is 40.1 Å². The van der Waals surface area contributed by atoms with Crippen LogP contribution in [-0.2, 0) is 40.9 Å². The minimum absolute atomic E-state index is 0.350. The van der Waals surface area contributed by atoms with Gasteiger partial charge in [-0.2, -0.15) is 0 Å². The second-order valence-electron chi connectivity index (χ2n) is 12.1. The molecule has 0 amide bonds.